The summed E-state index contributed by atoms with van der Waals surface area (Å²) in [6.07, 6.45) is 15.3. The van der Waals surface area contributed by atoms with Crippen LogP contribution in [0.2, 0.25) is 0 Å². The van der Waals surface area contributed by atoms with Crippen molar-refractivity contribution in [3.8, 4) is 0 Å². The second-order valence-electron chi connectivity index (χ2n) is 34.3. The monoisotopic (exact) mass is 1550 g/mol. The molecule has 0 saturated heterocycles. The van der Waals surface area contributed by atoms with E-state index in [-0.39, 0.29) is 82.0 Å². The van der Waals surface area contributed by atoms with Crippen LogP contribution in [0.1, 0.15) is 365 Å². The molecule has 0 N–H and O–H groups in total. The summed E-state index contributed by atoms with van der Waals surface area (Å²) in [6.45, 7) is 68.6. The summed E-state index contributed by atoms with van der Waals surface area (Å²) in [7, 11) is 0. The van der Waals surface area contributed by atoms with E-state index in [1.165, 1.54) is 23.0 Å². The number of aromatic nitrogens is 6. The number of ketones is 8. The minimum absolute atomic E-state index is 0.0184. The molecular weight excluding hydrogens is 1400 g/mol. The van der Waals surface area contributed by atoms with Crippen molar-refractivity contribution in [1.82, 2.24) is 29.9 Å². The molecule has 0 amide bonds. The minimum Gasteiger partial charge on any atom is -0.300 e. The van der Waals surface area contributed by atoms with Gasteiger partial charge in [-0.3, -0.25) is 53.3 Å². The van der Waals surface area contributed by atoms with Gasteiger partial charge in [0.1, 0.15) is 40.9 Å². The SMILES string of the molecule is CC(=O)C(C)C.CC(C)C.CC(C)C(=O)Cc1cccc(C(C)C)c1.CC(C)C(=O)Cc1cccc(C(C)C)n1.CC(C)C(=O)Cc1cncc(C(C)C)c1.CC(C)C(=O)c1cccc(C(C)C)c1.CC(C)C(=O)c1cccc(C(C)C)n1.CC(C)C(=O)c1cncc(C(C)C)c1.CC(C)CCC(=O)C(C)C.c1cncnc1. The van der Waals surface area contributed by atoms with Gasteiger partial charge in [-0.25, -0.2) is 15.0 Å². The second kappa shape index (κ2) is 60.1. The van der Waals surface area contributed by atoms with Gasteiger partial charge in [-0.2, -0.15) is 0 Å². The number of pyridine rings is 4. The summed E-state index contributed by atoms with van der Waals surface area (Å²) in [5, 5.41) is 0. The molecule has 2 aromatic carbocycles. The Labute approximate surface area is 686 Å². The van der Waals surface area contributed by atoms with Gasteiger partial charge < -0.3 is 0 Å². The van der Waals surface area contributed by atoms with Crippen LogP contribution in [0, 0.1) is 59.2 Å². The van der Waals surface area contributed by atoms with Crippen molar-refractivity contribution in [2.75, 3.05) is 0 Å². The van der Waals surface area contributed by atoms with Crippen LogP contribution in [-0.4, -0.2) is 76.2 Å². The fraction of sp³-hybridized carbons (Fsp3) is 0.556. The molecule has 0 radical (unpaired) electrons. The summed E-state index contributed by atoms with van der Waals surface area (Å²) >= 11 is 0. The highest BCUT2D eigenvalue weighted by Gasteiger charge is 2.17. The molecule has 5 heterocycles. The van der Waals surface area contributed by atoms with Crippen molar-refractivity contribution in [3.63, 3.8) is 0 Å². The van der Waals surface area contributed by atoms with Gasteiger partial charge in [0.25, 0.3) is 0 Å². The molecule has 7 aromatic rings. The number of hydrogen-bond acceptors (Lipinski definition) is 14. The summed E-state index contributed by atoms with van der Waals surface area (Å²) in [6, 6.07) is 33.6. The van der Waals surface area contributed by atoms with Gasteiger partial charge in [0.2, 0.25) is 0 Å². The molecular formula is C99H152N6O8. The first-order valence-corrected chi connectivity index (χ1v) is 41.4. The fourth-order valence-corrected chi connectivity index (χ4v) is 8.90. The van der Waals surface area contributed by atoms with Gasteiger partial charge in [-0.05, 0) is 137 Å². The van der Waals surface area contributed by atoms with E-state index in [4.69, 9.17) is 0 Å². The Hall–Kier alpha value is -8.52. The Morgan fingerprint density at radius 2 is 0.681 bits per heavy atom. The maximum Gasteiger partial charge on any atom is 0.183 e. The van der Waals surface area contributed by atoms with E-state index in [2.05, 4.69) is 172 Å². The largest absolute Gasteiger partial charge is 0.300 e. The Balaban J connectivity index is -0.00000121. The normalized spacial score (nSPS) is 10.7. The van der Waals surface area contributed by atoms with Gasteiger partial charge >= 0.3 is 0 Å². The maximum absolute atomic E-state index is 11.7. The first kappa shape index (κ1) is 109. The average molecular weight is 1550 g/mol. The van der Waals surface area contributed by atoms with Crippen molar-refractivity contribution >= 4 is 46.3 Å². The maximum atomic E-state index is 11.7. The lowest BCUT2D eigenvalue weighted by atomic mass is 9.96. The Morgan fingerprint density at radius 3 is 1.08 bits per heavy atom. The number of hydrogen-bond donors (Lipinski definition) is 0. The van der Waals surface area contributed by atoms with E-state index in [1.54, 1.807) is 43.8 Å². The van der Waals surface area contributed by atoms with E-state index in [9.17, 15) is 38.4 Å². The number of rotatable bonds is 26. The van der Waals surface area contributed by atoms with Crippen LogP contribution in [0.5, 0.6) is 0 Å². The average Bonchev–Trinajstić information content (AvgIpc) is 0.898. The van der Waals surface area contributed by atoms with Crippen molar-refractivity contribution in [1.29, 1.82) is 0 Å². The van der Waals surface area contributed by atoms with Crippen molar-refractivity contribution < 1.29 is 38.4 Å². The molecule has 7 rings (SSSR count). The number of carbonyl (C=O) groups is 8. The standard InChI is InChI=1S/C14H20O.2C13H19NO.C13H18O.2C12H17NO.C9H18O.C5H10O.C4H4N2.C4H10/c1-10(2)13-7-5-6-12(8-13)9-14(15)11(3)4;1-9(2)12-5-11(7-14-8-12)6-13(15)10(3)4;1-9(2)12-7-5-6-11(14-12)8-13(15)10(3)4;1-9(2)11-6-5-7-12(8-11)13(14)10(3)4;1-8(2)10-5-11(7-13-6-10)12(14)9(3)4;1-8(2)10-6-5-7-11(13-10)12(14)9(3)4;1-7(2)5-6-9(10)8(3)4;1-4(2)5(3)6;1-2-5-4-6-3-1;1-4(2)3/h5-8,10-11H,9H2,1-4H3;5,7-10H,6H2,1-4H3;5-7,9-10H,8H2,1-4H3;5-10H,1-4H3;2*5-9H,1-4H3;7-8H,5-6H2,1-4H3;4H,1-3H3;1-4H;4H,1-3H3. The second-order valence-corrected chi connectivity index (χ2v) is 34.3. The van der Waals surface area contributed by atoms with Gasteiger partial charge in [-0.15, -0.1) is 0 Å². The highest BCUT2D eigenvalue weighted by Crippen LogP contribution is 2.22. The minimum atomic E-state index is 0.0184. The fourth-order valence-electron chi connectivity index (χ4n) is 8.90. The molecule has 0 atom stereocenters. The quantitative estimate of drug-likeness (QED) is 0.0461. The van der Waals surface area contributed by atoms with Crippen LogP contribution in [0.25, 0.3) is 0 Å². The molecule has 14 heteroatoms. The van der Waals surface area contributed by atoms with E-state index in [1.807, 2.05) is 190 Å². The third-order valence-electron chi connectivity index (χ3n) is 17.2. The lowest BCUT2D eigenvalue weighted by Gasteiger charge is -2.08. The number of nitrogens with zero attached hydrogens (tertiary/aromatic N) is 6. The third kappa shape index (κ3) is 52.5. The lowest BCUT2D eigenvalue weighted by molar-refractivity contribution is -0.122. The summed E-state index contributed by atoms with van der Waals surface area (Å²) in [5.41, 5.74) is 12.1. The highest BCUT2D eigenvalue weighted by atomic mass is 16.2. The van der Waals surface area contributed by atoms with Gasteiger partial charge in [0, 0.05) is 138 Å². The van der Waals surface area contributed by atoms with E-state index in [0.717, 1.165) is 63.7 Å². The molecule has 626 valence electrons. The molecule has 0 saturated carbocycles. The van der Waals surface area contributed by atoms with Gasteiger partial charge in [0.15, 0.2) is 17.3 Å². The zero-order chi connectivity index (χ0) is 87.5. The third-order valence-corrected chi connectivity index (χ3v) is 17.2. The first-order chi connectivity index (χ1) is 52.5. The van der Waals surface area contributed by atoms with Crippen LogP contribution in [-0.2, 0) is 43.2 Å². The molecule has 0 fully saturated rings. The lowest BCUT2D eigenvalue weighted by Crippen LogP contribution is -2.11. The first-order valence-electron chi connectivity index (χ1n) is 41.4. The summed E-state index contributed by atoms with van der Waals surface area (Å²) in [4.78, 5) is 115. The zero-order valence-electron chi connectivity index (χ0n) is 76.6. The van der Waals surface area contributed by atoms with Crippen molar-refractivity contribution in [2.24, 2.45) is 59.2 Å². The molecule has 0 spiro atoms. The molecule has 0 aliphatic heterocycles. The number of carbonyl (C=O) groups excluding carboxylic acids is 8. The molecule has 0 bridgehead atoms. The van der Waals surface area contributed by atoms with Crippen LogP contribution >= 0.6 is 0 Å². The Bertz CT molecular complexity index is 3460. The smallest absolute Gasteiger partial charge is 0.183 e. The highest BCUT2D eigenvalue weighted by molar-refractivity contribution is 5.98. The van der Waals surface area contributed by atoms with Crippen LogP contribution < -0.4 is 0 Å². The Morgan fingerprint density at radius 1 is 0.310 bits per heavy atom. The summed E-state index contributed by atoms with van der Waals surface area (Å²) in [5.74, 6) is 7.08. The van der Waals surface area contributed by atoms with E-state index < -0.39 is 0 Å². The molecule has 113 heavy (non-hydrogen) atoms. The molecule has 0 unspecified atom stereocenters. The molecule has 14 nitrogen and oxygen atoms in total. The van der Waals surface area contributed by atoms with Crippen molar-refractivity contribution in [2.45, 2.75) is 303 Å². The number of benzene rings is 2. The van der Waals surface area contributed by atoms with Gasteiger partial charge in [-0.1, -0.05) is 289 Å². The predicted molar refractivity (Wildman–Crippen MR) is 474 cm³/mol. The predicted octanol–water partition coefficient (Wildman–Crippen LogP) is 25.3. The van der Waals surface area contributed by atoms with Crippen LogP contribution in [0.4, 0.5) is 0 Å². The zero-order valence-corrected chi connectivity index (χ0v) is 76.6. The van der Waals surface area contributed by atoms with E-state index in [0.29, 0.717) is 77.9 Å². The van der Waals surface area contributed by atoms with E-state index >= 15 is 0 Å². The molecule has 0 aliphatic rings. The number of Topliss-reactive ketones (excluding diaryl/α,β-unsaturated/α-hetero) is 8. The summed E-state index contributed by atoms with van der Waals surface area (Å²) < 4.78 is 0. The Kier molecular flexibility index (Phi) is 57.8. The van der Waals surface area contributed by atoms with Crippen LogP contribution in [0.15, 0.2) is 147 Å². The molecule has 5 aromatic heterocycles. The van der Waals surface area contributed by atoms with Gasteiger partial charge in [0.05, 0.1) is 0 Å². The van der Waals surface area contributed by atoms with Crippen LogP contribution in [0.3, 0.4) is 0 Å². The topological polar surface area (TPSA) is 214 Å². The molecule has 0 aliphatic carbocycles. The van der Waals surface area contributed by atoms with Crippen molar-refractivity contribution in [3.05, 3.63) is 214 Å².